The van der Waals surface area contributed by atoms with Crippen LogP contribution in [0.25, 0.3) is 0 Å². The summed E-state index contributed by atoms with van der Waals surface area (Å²) in [5, 5.41) is 3.40. The molecule has 2 saturated heterocycles. The van der Waals surface area contributed by atoms with Crippen molar-refractivity contribution in [3.63, 3.8) is 0 Å². The van der Waals surface area contributed by atoms with Crippen LogP contribution in [0.5, 0.6) is 0 Å². The maximum atomic E-state index is 13.1. The zero-order valence-corrected chi connectivity index (χ0v) is 22.8. The largest absolute Gasteiger partial charge is 0.446 e. The van der Waals surface area contributed by atoms with Crippen molar-refractivity contribution in [1.82, 2.24) is 9.80 Å². The Morgan fingerprint density at radius 3 is 2.29 bits per heavy atom. The number of nitrogens with one attached hydrogen (secondary N) is 1. The Hall–Kier alpha value is -2.10. The Kier molecular flexibility index (Phi) is 10.7. The van der Waals surface area contributed by atoms with E-state index in [4.69, 9.17) is 11.6 Å². The van der Waals surface area contributed by atoms with E-state index in [2.05, 4.69) is 46.3 Å². The number of halogens is 4. The number of piperazine rings is 1. The number of rotatable bonds is 7. The summed E-state index contributed by atoms with van der Waals surface area (Å²) in [6.07, 6.45) is 1.50. The molecule has 2 aliphatic heterocycles. The van der Waals surface area contributed by atoms with Crippen LogP contribution in [0.3, 0.4) is 0 Å². The van der Waals surface area contributed by atoms with Crippen LogP contribution in [-0.4, -0.2) is 73.1 Å². The Morgan fingerprint density at radius 1 is 1.05 bits per heavy atom. The molecule has 1 unspecified atom stereocenters. The van der Waals surface area contributed by atoms with Crippen molar-refractivity contribution in [2.45, 2.75) is 50.6 Å². The van der Waals surface area contributed by atoms with E-state index >= 15 is 0 Å². The molecule has 2 aromatic carbocycles. The zero-order valence-electron chi connectivity index (χ0n) is 21.2. The van der Waals surface area contributed by atoms with E-state index in [-0.39, 0.29) is 47.0 Å². The minimum absolute atomic E-state index is 0. The van der Waals surface area contributed by atoms with E-state index in [1.807, 2.05) is 11.8 Å². The highest BCUT2D eigenvalue weighted by atomic mass is 35.5. The summed E-state index contributed by atoms with van der Waals surface area (Å²) in [7, 11) is 0. The van der Waals surface area contributed by atoms with E-state index < -0.39 is 5.51 Å². The number of piperidine rings is 1. The molecule has 1 amide bonds. The number of benzene rings is 2. The number of likely N-dealkylation sites (tertiary alicyclic amines) is 1. The van der Waals surface area contributed by atoms with E-state index in [9.17, 15) is 18.0 Å². The third kappa shape index (κ3) is 8.45. The smallest absolute Gasteiger partial charge is 0.382 e. The number of carbonyl (C=O) groups is 1. The van der Waals surface area contributed by atoms with Gasteiger partial charge in [0.15, 0.2) is 0 Å². The van der Waals surface area contributed by atoms with Crippen LogP contribution < -0.4 is 10.2 Å². The second-order valence-corrected chi connectivity index (χ2v) is 11.5. The van der Waals surface area contributed by atoms with Gasteiger partial charge in [-0.1, -0.05) is 43.6 Å². The minimum atomic E-state index is -4.39. The summed E-state index contributed by atoms with van der Waals surface area (Å²) in [6, 6.07) is 13.3. The van der Waals surface area contributed by atoms with Crippen LogP contribution >= 0.6 is 23.4 Å². The standard InChI is InChI=1S/C27H34ClF3N4OS.CH4/c1-19-3-6-23(7-4-19)34-15-13-33(14-16-34)18-20(2)26(36)35-11-9-21(10-12-35)32-22-5-8-24(28)25(17-22)37-27(29,30)31;/h3-8,17,20-21,32H,9-16,18H2,1-2H3;1H4. The fraction of sp³-hybridized carbons (Fsp3) is 0.536. The fourth-order valence-corrected chi connectivity index (χ4v) is 5.83. The summed E-state index contributed by atoms with van der Waals surface area (Å²) in [5.41, 5.74) is -1.27. The molecule has 5 nitrogen and oxygen atoms in total. The first-order chi connectivity index (χ1) is 17.6. The van der Waals surface area contributed by atoms with Gasteiger partial charge in [0.1, 0.15) is 0 Å². The van der Waals surface area contributed by atoms with Crippen LogP contribution in [0.4, 0.5) is 24.5 Å². The molecule has 1 atom stereocenters. The van der Waals surface area contributed by atoms with Crippen molar-refractivity contribution in [2.24, 2.45) is 5.92 Å². The molecule has 1 N–H and O–H groups in total. The van der Waals surface area contributed by atoms with Gasteiger partial charge in [-0.15, -0.1) is 0 Å². The molecular formula is C28H38ClF3N4OS. The Balaban J connectivity index is 0.00000400. The predicted molar refractivity (Wildman–Crippen MR) is 152 cm³/mol. The maximum Gasteiger partial charge on any atom is 0.446 e. The monoisotopic (exact) mass is 570 g/mol. The van der Waals surface area contributed by atoms with Gasteiger partial charge in [0, 0.05) is 74.0 Å². The number of hydrogen-bond acceptors (Lipinski definition) is 5. The molecule has 0 aliphatic carbocycles. The number of carbonyl (C=O) groups excluding carboxylic acids is 1. The molecule has 2 heterocycles. The Labute approximate surface area is 233 Å². The van der Waals surface area contributed by atoms with Gasteiger partial charge in [0.25, 0.3) is 0 Å². The van der Waals surface area contributed by atoms with Crippen molar-refractivity contribution in [1.29, 1.82) is 0 Å². The lowest BCUT2D eigenvalue weighted by atomic mass is 10.0. The highest BCUT2D eigenvalue weighted by Crippen LogP contribution is 2.41. The second kappa shape index (κ2) is 13.3. The summed E-state index contributed by atoms with van der Waals surface area (Å²) >= 11 is 5.73. The average Bonchev–Trinajstić information content (AvgIpc) is 2.86. The first-order valence-corrected chi connectivity index (χ1v) is 13.9. The lowest BCUT2D eigenvalue weighted by Crippen LogP contribution is -2.50. The normalized spacial score (nSPS) is 18.2. The maximum absolute atomic E-state index is 13.1. The lowest BCUT2D eigenvalue weighted by Gasteiger charge is -2.38. The highest BCUT2D eigenvalue weighted by molar-refractivity contribution is 8.00. The van der Waals surface area contributed by atoms with Crippen molar-refractivity contribution in [2.75, 3.05) is 56.0 Å². The molecule has 2 aliphatic rings. The van der Waals surface area contributed by atoms with E-state index in [0.29, 0.717) is 18.8 Å². The number of hydrogen-bond donors (Lipinski definition) is 1. The zero-order chi connectivity index (χ0) is 26.6. The first kappa shape index (κ1) is 30.4. The quantitative estimate of drug-likeness (QED) is 0.372. The predicted octanol–water partition coefficient (Wildman–Crippen LogP) is 6.76. The van der Waals surface area contributed by atoms with Crippen LogP contribution in [-0.2, 0) is 4.79 Å². The van der Waals surface area contributed by atoms with Crippen LogP contribution in [0.15, 0.2) is 47.4 Å². The number of nitrogens with zero attached hydrogens (tertiary/aromatic N) is 3. The van der Waals surface area contributed by atoms with Gasteiger partial charge >= 0.3 is 5.51 Å². The Morgan fingerprint density at radius 2 is 1.68 bits per heavy atom. The van der Waals surface area contributed by atoms with E-state index in [1.54, 1.807) is 6.07 Å². The molecule has 0 aromatic heterocycles. The molecule has 10 heteroatoms. The van der Waals surface area contributed by atoms with Gasteiger partial charge in [0.2, 0.25) is 5.91 Å². The molecular weight excluding hydrogens is 533 g/mol. The van der Waals surface area contributed by atoms with E-state index in [0.717, 1.165) is 45.6 Å². The van der Waals surface area contributed by atoms with Crippen molar-refractivity contribution in [3.05, 3.63) is 53.1 Å². The van der Waals surface area contributed by atoms with E-state index in [1.165, 1.54) is 23.4 Å². The summed E-state index contributed by atoms with van der Waals surface area (Å²) < 4.78 is 38.4. The van der Waals surface area contributed by atoms with Crippen molar-refractivity contribution >= 4 is 40.6 Å². The van der Waals surface area contributed by atoms with Gasteiger partial charge in [-0.3, -0.25) is 9.69 Å². The Bertz CT molecular complexity index is 1050. The van der Waals surface area contributed by atoms with Crippen LogP contribution in [0.2, 0.25) is 5.02 Å². The molecule has 38 heavy (non-hydrogen) atoms. The number of aryl methyl sites for hydroxylation is 1. The second-order valence-electron chi connectivity index (χ2n) is 9.96. The first-order valence-electron chi connectivity index (χ1n) is 12.7. The molecule has 2 aromatic rings. The molecule has 210 valence electrons. The molecule has 0 radical (unpaired) electrons. The number of alkyl halides is 3. The molecule has 0 spiro atoms. The number of thioether (sulfide) groups is 1. The highest BCUT2D eigenvalue weighted by Gasteiger charge is 2.31. The molecule has 0 bridgehead atoms. The fourth-order valence-electron chi connectivity index (χ4n) is 5.00. The van der Waals surface area contributed by atoms with Crippen molar-refractivity contribution in [3.8, 4) is 0 Å². The SMILES string of the molecule is C.Cc1ccc(N2CCN(CC(C)C(=O)N3CCC(Nc4ccc(Cl)c(SC(F)(F)F)c4)CC3)CC2)cc1. The summed E-state index contributed by atoms with van der Waals surface area (Å²) in [4.78, 5) is 19.8. The van der Waals surface area contributed by atoms with Gasteiger partial charge in [-0.2, -0.15) is 13.2 Å². The molecule has 4 rings (SSSR count). The van der Waals surface area contributed by atoms with Gasteiger partial charge in [-0.05, 0) is 61.9 Å². The third-order valence-corrected chi connectivity index (χ3v) is 8.29. The summed E-state index contributed by atoms with van der Waals surface area (Å²) in [5.74, 6) is 0.100. The van der Waals surface area contributed by atoms with Crippen molar-refractivity contribution < 1.29 is 18.0 Å². The van der Waals surface area contributed by atoms with Gasteiger partial charge in [0.05, 0.1) is 5.02 Å². The molecule has 0 saturated carbocycles. The lowest BCUT2D eigenvalue weighted by molar-refractivity contribution is -0.136. The average molecular weight is 571 g/mol. The van der Waals surface area contributed by atoms with Gasteiger partial charge < -0.3 is 15.1 Å². The van der Waals surface area contributed by atoms with Crippen LogP contribution in [0, 0.1) is 12.8 Å². The number of anilines is 2. The molecule has 2 fully saturated rings. The van der Waals surface area contributed by atoms with Crippen LogP contribution in [0.1, 0.15) is 32.8 Å². The third-order valence-electron chi connectivity index (χ3n) is 7.06. The minimum Gasteiger partial charge on any atom is -0.382 e. The topological polar surface area (TPSA) is 38.8 Å². The van der Waals surface area contributed by atoms with Gasteiger partial charge in [-0.25, -0.2) is 0 Å². The summed E-state index contributed by atoms with van der Waals surface area (Å²) in [6.45, 7) is 9.91. The number of amides is 1.